The van der Waals surface area contributed by atoms with Crippen LogP contribution in [0.3, 0.4) is 0 Å². The van der Waals surface area contributed by atoms with Crippen molar-refractivity contribution in [2.75, 3.05) is 6.79 Å². The van der Waals surface area contributed by atoms with Crippen molar-refractivity contribution in [2.24, 2.45) is 0 Å². The number of amides is 1. The molecule has 1 N–H and O–H groups in total. The van der Waals surface area contributed by atoms with Crippen LogP contribution in [0.1, 0.15) is 43.1 Å². The number of ether oxygens (including phenoxy) is 2. The highest BCUT2D eigenvalue weighted by molar-refractivity contribution is 5.98. The molecule has 0 radical (unpaired) electrons. The smallest absolute Gasteiger partial charge is 0.255 e. The highest BCUT2D eigenvalue weighted by Crippen LogP contribution is 2.35. The lowest BCUT2D eigenvalue weighted by molar-refractivity contribution is 0.0930. The van der Waals surface area contributed by atoms with Gasteiger partial charge in [0, 0.05) is 6.04 Å². The molecule has 0 saturated heterocycles. The second-order valence-corrected chi connectivity index (χ2v) is 6.87. The third-order valence-electron chi connectivity index (χ3n) is 4.39. The van der Waals surface area contributed by atoms with Crippen molar-refractivity contribution in [3.63, 3.8) is 0 Å². The van der Waals surface area contributed by atoms with E-state index in [4.69, 9.17) is 9.47 Å². The third kappa shape index (κ3) is 3.37. The van der Waals surface area contributed by atoms with Crippen molar-refractivity contribution in [1.82, 2.24) is 5.32 Å². The predicted octanol–water partition coefficient (Wildman–Crippen LogP) is 3.90. The number of fused-ring (bicyclic) bond motifs is 1. The topological polar surface area (TPSA) is 47.6 Å². The summed E-state index contributed by atoms with van der Waals surface area (Å²) in [5.74, 6) is 1.03. The highest BCUT2D eigenvalue weighted by atomic mass is 16.7. The molecule has 126 valence electrons. The Kier molecular flexibility index (Phi) is 4.47. The third-order valence-corrected chi connectivity index (χ3v) is 4.39. The highest BCUT2D eigenvalue weighted by Gasteiger charge is 2.26. The number of benzene rings is 2. The standard InChI is InChI=1S/C20H23NO3/c1-14(12-20(2,3)15-8-5-4-6-9-15)21-19(22)16-10-7-11-17-18(16)24-13-23-17/h4-11,14H,12-13H2,1-3H3,(H,21,22). The summed E-state index contributed by atoms with van der Waals surface area (Å²) in [6, 6.07) is 15.8. The van der Waals surface area contributed by atoms with Gasteiger partial charge in [-0.05, 0) is 36.5 Å². The maximum atomic E-state index is 12.6. The van der Waals surface area contributed by atoms with Gasteiger partial charge in [0.1, 0.15) is 0 Å². The molecule has 0 aliphatic carbocycles. The largest absolute Gasteiger partial charge is 0.454 e. The van der Waals surface area contributed by atoms with Crippen LogP contribution in [-0.2, 0) is 5.41 Å². The first-order chi connectivity index (χ1) is 11.5. The van der Waals surface area contributed by atoms with Crippen molar-refractivity contribution in [3.05, 3.63) is 59.7 Å². The molecule has 1 aliphatic rings. The minimum absolute atomic E-state index is 0.0216. The van der Waals surface area contributed by atoms with E-state index in [1.54, 1.807) is 18.2 Å². The van der Waals surface area contributed by atoms with E-state index in [1.807, 2.05) is 25.1 Å². The Morgan fingerprint density at radius 2 is 1.88 bits per heavy atom. The lowest BCUT2D eigenvalue weighted by atomic mass is 9.79. The zero-order valence-electron chi connectivity index (χ0n) is 14.3. The molecular formula is C20H23NO3. The quantitative estimate of drug-likeness (QED) is 0.907. The zero-order chi connectivity index (χ0) is 17.2. The van der Waals surface area contributed by atoms with Gasteiger partial charge < -0.3 is 14.8 Å². The van der Waals surface area contributed by atoms with Crippen molar-refractivity contribution >= 4 is 5.91 Å². The van der Waals surface area contributed by atoms with Gasteiger partial charge in [-0.1, -0.05) is 50.2 Å². The van der Waals surface area contributed by atoms with E-state index in [0.29, 0.717) is 17.1 Å². The average Bonchev–Trinajstić information content (AvgIpc) is 3.03. The van der Waals surface area contributed by atoms with Crippen molar-refractivity contribution in [3.8, 4) is 11.5 Å². The molecule has 0 aromatic heterocycles. The van der Waals surface area contributed by atoms with E-state index in [0.717, 1.165) is 6.42 Å². The first-order valence-corrected chi connectivity index (χ1v) is 8.22. The zero-order valence-corrected chi connectivity index (χ0v) is 14.3. The second-order valence-electron chi connectivity index (χ2n) is 6.87. The van der Waals surface area contributed by atoms with Crippen LogP contribution in [0.5, 0.6) is 11.5 Å². The maximum Gasteiger partial charge on any atom is 0.255 e. The number of hydrogen-bond donors (Lipinski definition) is 1. The number of carbonyl (C=O) groups excluding carboxylic acids is 1. The molecular weight excluding hydrogens is 302 g/mol. The summed E-state index contributed by atoms with van der Waals surface area (Å²) < 4.78 is 10.7. The fourth-order valence-corrected chi connectivity index (χ4v) is 3.23. The molecule has 1 aliphatic heterocycles. The van der Waals surface area contributed by atoms with Gasteiger partial charge in [0.25, 0.3) is 5.91 Å². The fourth-order valence-electron chi connectivity index (χ4n) is 3.23. The van der Waals surface area contributed by atoms with Crippen LogP contribution in [0.25, 0.3) is 0 Å². The van der Waals surface area contributed by atoms with Crippen LogP contribution in [0, 0.1) is 0 Å². The van der Waals surface area contributed by atoms with Crippen LogP contribution in [0.15, 0.2) is 48.5 Å². The van der Waals surface area contributed by atoms with Crippen LogP contribution in [-0.4, -0.2) is 18.7 Å². The number of nitrogens with one attached hydrogen (secondary N) is 1. The molecule has 2 aromatic rings. The Morgan fingerprint density at radius 1 is 1.12 bits per heavy atom. The normalized spacial score (nSPS) is 14.3. The van der Waals surface area contributed by atoms with E-state index >= 15 is 0 Å². The maximum absolute atomic E-state index is 12.6. The van der Waals surface area contributed by atoms with Crippen LogP contribution in [0.2, 0.25) is 0 Å². The number of para-hydroxylation sites is 1. The van der Waals surface area contributed by atoms with Gasteiger partial charge in [-0.3, -0.25) is 4.79 Å². The summed E-state index contributed by atoms with van der Waals surface area (Å²) in [7, 11) is 0. The van der Waals surface area contributed by atoms with E-state index in [1.165, 1.54) is 5.56 Å². The summed E-state index contributed by atoms with van der Waals surface area (Å²) in [6.07, 6.45) is 0.842. The Hall–Kier alpha value is -2.49. The van der Waals surface area contributed by atoms with Crippen molar-refractivity contribution in [2.45, 2.75) is 38.6 Å². The van der Waals surface area contributed by atoms with E-state index in [9.17, 15) is 4.79 Å². The molecule has 1 heterocycles. The minimum atomic E-state index is -0.131. The van der Waals surface area contributed by atoms with Gasteiger partial charge in [0.2, 0.25) is 6.79 Å². The minimum Gasteiger partial charge on any atom is -0.454 e. The lowest BCUT2D eigenvalue weighted by Gasteiger charge is -2.29. The Bertz CT molecular complexity index is 725. The number of carbonyl (C=O) groups is 1. The first kappa shape index (κ1) is 16.4. The van der Waals surface area contributed by atoms with Gasteiger partial charge >= 0.3 is 0 Å². The summed E-state index contributed by atoms with van der Waals surface area (Å²) >= 11 is 0. The summed E-state index contributed by atoms with van der Waals surface area (Å²) in [6.45, 7) is 6.59. The van der Waals surface area contributed by atoms with Crippen LogP contribution in [0.4, 0.5) is 0 Å². The Balaban J connectivity index is 1.68. The molecule has 3 rings (SSSR count). The average molecular weight is 325 g/mol. The molecule has 2 aromatic carbocycles. The van der Waals surface area contributed by atoms with Crippen LogP contribution < -0.4 is 14.8 Å². The van der Waals surface area contributed by atoms with Gasteiger partial charge in [-0.25, -0.2) is 0 Å². The number of rotatable bonds is 5. The van der Waals surface area contributed by atoms with Crippen molar-refractivity contribution in [1.29, 1.82) is 0 Å². The predicted molar refractivity (Wildman–Crippen MR) is 93.6 cm³/mol. The summed E-state index contributed by atoms with van der Waals surface area (Å²) in [5.41, 5.74) is 1.77. The molecule has 0 fully saturated rings. The SMILES string of the molecule is CC(CC(C)(C)c1ccccc1)NC(=O)c1cccc2c1OCO2. The van der Waals surface area contributed by atoms with Crippen LogP contribution >= 0.6 is 0 Å². The second kappa shape index (κ2) is 6.56. The van der Waals surface area contributed by atoms with E-state index < -0.39 is 0 Å². The molecule has 0 saturated carbocycles. The molecule has 4 heteroatoms. The van der Waals surface area contributed by atoms with Gasteiger partial charge in [-0.15, -0.1) is 0 Å². The van der Waals surface area contributed by atoms with E-state index in [2.05, 4.69) is 31.3 Å². The molecule has 24 heavy (non-hydrogen) atoms. The summed E-state index contributed by atoms with van der Waals surface area (Å²) in [4.78, 5) is 12.6. The molecule has 0 bridgehead atoms. The molecule has 0 spiro atoms. The monoisotopic (exact) mass is 325 g/mol. The molecule has 4 nitrogen and oxygen atoms in total. The van der Waals surface area contributed by atoms with Gasteiger partial charge in [0.15, 0.2) is 11.5 Å². The Labute approximate surface area is 142 Å². The fraction of sp³-hybridized carbons (Fsp3) is 0.350. The van der Waals surface area contributed by atoms with Crippen molar-refractivity contribution < 1.29 is 14.3 Å². The van der Waals surface area contributed by atoms with Gasteiger partial charge in [-0.2, -0.15) is 0 Å². The first-order valence-electron chi connectivity index (χ1n) is 8.22. The Morgan fingerprint density at radius 3 is 2.62 bits per heavy atom. The summed E-state index contributed by atoms with van der Waals surface area (Å²) in [5, 5.41) is 3.08. The van der Waals surface area contributed by atoms with E-state index in [-0.39, 0.29) is 24.2 Å². The number of hydrogen-bond acceptors (Lipinski definition) is 3. The molecule has 1 unspecified atom stereocenters. The molecule has 1 atom stereocenters. The molecule has 1 amide bonds. The van der Waals surface area contributed by atoms with Gasteiger partial charge in [0.05, 0.1) is 5.56 Å². The lowest BCUT2D eigenvalue weighted by Crippen LogP contribution is -2.37.